The lowest BCUT2D eigenvalue weighted by Gasteiger charge is -2.29. The Hall–Kier alpha value is -1.07. The Morgan fingerprint density at radius 2 is 1.91 bits per heavy atom. The van der Waals surface area contributed by atoms with Gasteiger partial charge in [0.05, 0.1) is 21.5 Å². The molecule has 196 valence electrons. The zero-order valence-electron chi connectivity index (χ0n) is 21.4. The van der Waals surface area contributed by atoms with Crippen molar-refractivity contribution in [3.05, 3.63) is 56.0 Å². The van der Waals surface area contributed by atoms with Gasteiger partial charge in [0.2, 0.25) is 9.84 Å². The summed E-state index contributed by atoms with van der Waals surface area (Å²) in [4.78, 5) is 8.84. The number of aryl methyl sites for hydroxylation is 1. The van der Waals surface area contributed by atoms with Crippen molar-refractivity contribution in [2.45, 2.75) is 63.6 Å². The molecule has 0 aliphatic heterocycles. The van der Waals surface area contributed by atoms with Crippen LogP contribution in [0.1, 0.15) is 56.9 Å². The number of nitrogens with zero attached hydrogens (tertiary/aromatic N) is 2. The van der Waals surface area contributed by atoms with Crippen LogP contribution in [0.5, 0.6) is 0 Å². The highest BCUT2D eigenvalue weighted by molar-refractivity contribution is 9.10. The standard InChI is InChI=1S/C25H39BrN4O2S3/c1-6-21-25(29-18-34-21)22(16-19(5)30(8-3)9-4)33-15-14-28-24(27-7-2)17-35(31,32)23-13-11-10-12-20(23)26/h10-13,17-19,22,27-28H,6-9,14-16H2,1-5H3. The monoisotopic (exact) mass is 602 g/mol. The molecule has 1 aromatic carbocycles. The molecule has 6 nitrogen and oxygen atoms in total. The summed E-state index contributed by atoms with van der Waals surface area (Å²) in [5, 5.41) is 8.05. The van der Waals surface area contributed by atoms with Crippen LogP contribution < -0.4 is 10.6 Å². The SMILES string of the molecule is CCNC(=CS(=O)(=O)c1ccccc1Br)NCCSC(CC(C)N(CC)CC)c1ncsc1CC. The predicted molar refractivity (Wildman–Crippen MR) is 155 cm³/mol. The van der Waals surface area contributed by atoms with Crippen molar-refractivity contribution in [2.75, 3.05) is 31.9 Å². The van der Waals surface area contributed by atoms with Gasteiger partial charge in [0.15, 0.2) is 0 Å². The molecule has 2 atom stereocenters. The molecule has 0 radical (unpaired) electrons. The minimum Gasteiger partial charge on any atom is -0.372 e. The second-order valence-electron chi connectivity index (χ2n) is 8.14. The smallest absolute Gasteiger partial charge is 0.204 e. The molecular formula is C25H39BrN4O2S3. The lowest BCUT2D eigenvalue weighted by molar-refractivity contribution is 0.220. The van der Waals surface area contributed by atoms with Crippen molar-refractivity contribution < 1.29 is 8.42 Å². The van der Waals surface area contributed by atoms with Gasteiger partial charge in [-0.1, -0.05) is 32.9 Å². The van der Waals surface area contributed by atoms with Crippen LogP contribution in [0.2, 0.25) is 0 Å². The molecule has 0 aliphatic rings. The van der Waals surface area contributed by atoms with E-state index in [1.807, 2.05) is 24.2 Å². The Morgan fingerprint density at radius 3 is 2.54 bits per heavy atom. The summed E-state index contributed by atoms with van der Waals surface area (Å²) in [5.41, 5.74) is 3.17. The molecule has 0 saturated carbocycles. The third-order valence-corrected chi connectivity index (χ3v) is 10.5. The first-order valence-corrected chi connectivity index (χ1v) is 16.5. The number of sulfone groups is 1. The molecule has 0 bridgehead atoms. The third-order valence-electron chi connectivity index (χ3n) is 5.81. The summed E-state index contributed by atoms with van der Waals surface area (Å²) in [6.45, 7) is 14.2. The maximum atomic E-state index is 12.9. The van der Waals surface area contributed by atoms with E-state index in [-0.39, 0.29) is 4.90 Å². The van der Waals surface area contributed by atoms with Gasteiger partial charge in [-0.25, -0.2) is 13.4 Å². The molecule has 1 heterocycles. The largest absolute Gasteiger partial charge is 0.372 e. The fraction of sp³-hybridized carbons (Fsp3) is 0.560. The number of thioether (sulfide) groups is 1. The van der Waals surface area contributed by atoms with Crippen LogP contribution in [0.4, 0.5) is 0 Å². The minimum atomic E-state index is -3.60. The third kappa shape index (κ3) is 9.07. The Labute approximate surface area is 228 Å². The van der Waals surface area contributed by atoms with Gasteiger partial charge in [-0.3, -0.25) is 0 Å². The van der Waals surface area contributed by atoms with Crippen molar-refractivity contribution in [1.29, 1.82) is 0 Å². The van der Waals surface area contributed by atoms with E-state index in [2.05, 4.69) is 59.2 Å². The summed E-state index contributed by atoms with van der Waals surface area (Å²) in [6.07, 6.45) is 2.03. The molecule has 2 aromatic rings. The first-order chi connectivity index (χ1) is 16.8. The molecular weight excluding hydrogens is 564 g/mol. The van der Waals surface area contributed by atoms with Crippen LogP contribution in [0.15, 0.2) is 50.4 Å². The maximum Gasteiger partial charge on any atom is 0.204 e. The first-order valence-electron chi connectivity index (χ1n) is 12.2. The second-order valence-corrected chi connectivity index (χ2v) is 13.0. The number of hydrogen-bond acceptors (Lipinski definition) is 8. The highest BCUT2D eigenvalue weighted by atomic mass is 79.9. The quantitative estimate of drug-likeness (QED) is 0.234. The van der Waals surface area contributed by atoms with Gasteiger partial charge in [-0.2, -0.15) is 11.8 Å². The fourth-order valence-corrected chi connectivity index (χ4v) is 8.29. The lowest BCUT2D eigenvalue weighted by Crippen LogP contribution is -2.34. The second kappa shape index (κ2) is 15.2. The number of nitrogens with one attached hydrogen (secondary N) is 2. The minimum absolute atomic E-state index is 0.257. The number of benzene rings is 1. The fourth-order valence-electron chi connectivity index (χ4n) is 3.99. The Morgan fingerprint density at radius 1 is 1.20 bits per heavy atom. The molecule has 0 fully saturated rings. The number of thiazole rings is 1. The topological polar surface area (TPSA) is 74.3 Å². The predicted octanol–water partition coefficient (Wildman–Crippen LogP) is 5.83. The van der Waals surface area contributed by atoms with E-state index in [9.17, 15) is 8.42 Å². The van der Waals surface area contributed by atoms with Crippen LogP contribution in [-0.4, -0.2) is 56.3 Å². The maximum absolute atomic E-state index is 12.9. The molecule has 0 amide bonds. The number of hydrogen-bond donors (Lipinski definition) is 2. The van der Waals surface area contributed by atoms with Crippen LogP contribution in [0.25, 0.3) is 0 Å². The van der Waals surface area contributed by atoms with Crippen molar-refractivity contribution in [2.24, 2.45) is 0 Å². The van der Waals surface area contributed by atoms with E-state index in [1.54, 1.807) is 35.6 Å². The average Bonchev–Trinajstić information content (AvgIpc) is 3.30. The summed E-state index contributed by atoms with van der Waals surface area (Å²) in [6, 6.07) is 7.34. The van der Waals surface area contributed by atoms with Gasteiger partial charge >= 0.3 is 0 Å². The van der Waals surface area contributed by atoms with Crippen molar-refractivity contribution in [3.63, 3.8) is 0 Å². The van der Waals surface area contributed by atoms with E-state index in [0.29, 0.717) is 34.7 Å². The van der Waals surface area contributed by atoms with Crippen LogP contribution in [0, 0.1) is 0 Å². The van der Waals surface area contributed by atoms with Gasteiger partial charge < -0.3 is 15.5 Å². The summed E-state index contributed by atoms with van der Waals surface area (Å²) < 4.78 is 26.4. The zero-order chi connectivity index (χ0) is 25.8. The zero-order valence-corrected chi connectivity index (χ0v) is 25.4. The highest BCUT2D eigenvalue weighted by Crippen LogP contribution is 2.36. The molecule has 0 aliphatic carbocycles. The summed E-state index contributed by atoms with van der Waals surface area (Å²) >= 11 is 6.98. The van der Waals surface area contributed by atoms with E-state index < -0.39 is 9.84 Å². The Bertz CT molecular complexity index is 1040. The van der Waals surface area contributed by atoms with Gasteiger partial charge in [-0.15, -0.1) is 11.3 Å². The van der Waals surface area contributed by atoms with Gasteiger partial charge in [0.1, 0.15) is 5.82 Å². The molecule has 35 heavy (non-hydrogen) atoms. The Kier molecular flexibility index (Phi) is 13.1. The summed E-state index contributed by atoms with van der Waals surface area (Å²) in [7, 11) is -3.60. The van der Waals surface area contributed by atoms with Crippen LogP contribution in [0.3, 0.4) is 0 Å². The van der Waals surface area contributed by atoms with Gasteiger partial charge in [-0.05, 0) is 67.8 Å². The molecule has 2 rings (SSSR count). The van der Waals surface area contributed by atoms with Crippen LogP contribution >= 0.6 is 39.0 Å². The molecule has 0 saturated heterocycles. The van der Waals surface area contributed by atoms with Crippen LogP contribution in [-0.2, 0) is 16.3 Å². The van der Waals surface area contributed by atoms with Crippen molar-refractivity contribution >= 4 is 48.9 Å². The number of rotatable bonds is 16. The lowest BCUT2D eigenvalue weighted by atomic mass is 10.1. The number of halogens is 1. The molecule has 0 spiro atoms. The average molecular weight is 604 g/mol. The molecule has 2 unspecified atom stereocenters. The Balaban J connectivity index is 2.09. The first kappa shape index (κ1) is 30.2. The molecule has 1 aromatic heterocycles. The summed E-state index contributed by atoms with van der Waals surface area (Å²) in [5.74, 6) is 1.36. The number of aromatic nitrogens is 1. The van der Waals surface area contributed by atoms with Gasteiger partial charge in [0.25, 0.3) is 0 Å². The molecule has 2 N–H and O–H groups in total. The van der Waals surface area contributed by atoms with E-state index in [0.717, 1.165) is 31.7 Å². The van der Waals surface area contributed by atoms with Crippen molar-refractivity contribution in [1.82, 2.24) is 20.5 Å². The van der Waals surface area contributed by atoms with Crippen molar-refractivity contribution in [3.8, 4) is 0 Å². The molecule has 10 heteroatoms. The van der Waals surface area contributed by atoms with Gasteiger partial charge in [0, 0.05) is 39.5 Å². The normalized spacial score (nSPS) is 14.2. The van der Waals surface area contributed by atoms with E-state index >= 15 is 0 Å². The highest BCUT2D eigenvalue weighted by Gasteiger charge is 2.23. The van der Waals surface area contributed by atoms with E-state index in [4.69, 9.17) is 4.98 Å². The van der Waals surface area contributed by atoms with E-state index in [1.165, 1.54) is 16.0 Å².